The van der Waals surface area contributed by atoms with E-state index < -0.39 is 0 Å². The summed E-state index contributed by atoms with van der Waals surface area (Å²) in [7, 11) is 1.73. The molecule has 0 unspecified atom stereocenters. The fraction of sp³-hybridized carbons (Fsp3) is 0.429. The van der Waals surface area contributed by atoms with Crippen molar-refractivity contribution in [1.29, 1.82) is 0 Å². The molecule has 1 fully saturated rings. The number of thiophene rings is 1. The lowest BCUT2D eigenvalue weighted by atomic mass is 10.0. The highest BCUT2D eigenvalue weighted by Crippen LogP contribution is 2.35. The van der Waals surface area contributed by atoms with E-state index in [1.54, 1.807) is 7.11 Å². The minimum Gasteiger partial charge on any atom is -0.497 e. The largest absolute Gasteiger partial charge is 0.497 e. The number of hydrogen-bond donors (Lipinski definition) is 1. The molecule has 0 spiro atoms. The van der Waals surface area contributed by atoms with Crippen LogP contribution in [0.15, 0.2) is 30.3 Å². The molecule has 2 aliphatic heterocycles. The maximum Gasteiger partial charge on any atom is 0.119 e. The van der Waals surface area contributed by atoms with E-state index in [-0.39, 0.29) is 0 Å². The fourth-order valence-electron chi connectivity index (χ4n) is 4.19. The van der Waals surface area contributed by atoms with Gasteiger partial charge < -0.3 is 14.5 Å². The van der Waals surface area contributed by atoms with Gasteiger partial charge in [-0.05, 0) is 48.7 Å². The lowest BCUT2D eigenvalue weighted by molar-refractivity contribution is 0.114. The highest BCUT2D eigenvalue weighted by Gasteiger charge is 2.23. The maximum atomic E-state index is 5.83. The van der Waals surface area contributed by atoms with E-state index in [0.717, 1.165) is 38.4 Å². The van der Waals surface area contributed by atoms with Crippen LogP contribution in [0.3, 0.4) is 0 Å². The van der Waals surface area contributed by atoms with E-state index in [0.29, 0.717) is 6.10 Å². The van der Waals surface area contributed by atoms with Crippen LogP contribution in [-0.2, 0) is 24.2 Å². The summed E-state index contributed by atoms with van der Waals surface area (Å²) in [5.74, 6) is 0.927. The molecule has 4 nitrogen and oxygen atoms in total. The number of aromatic nitrogens is 1. The monoisotopic (exact) mass is 368 g/mol. The second-order valence-electron chi connectivity index (χ2n) is 7.26. The predicted molar refractivity (Wildman–Crippen MR) is 105 cm³/mol. The Kier molecular flexibility index (Phi) is 4.23. The Morgan fingerprint density at radius 1 is 1.31 bits per heavy atom. The predicted octanol–water partition coefficient (Wildman–Crippen LogP) is 4.65. The van der Waals surface area contributed by atoms with Crippen molar-refractivity contribution in [3.63, 3.8) is 0 Å². The summed E-state index contributed by atoms with van der Waals surface area (Å²) in [6, 6.07) is 10.9. The van der Waals surface area contributed by atoms with Gasteiger partial charge in [-0.1, -0.05) is 0 Å². The molecule has 136 valence electrons. The molecule has 2 aromatic heterocycles. The van der Waals surface area contributed by atoms with E-state index >= 15 is 0 Å². The summed E-state index contributed by atoms with van der Waals surface area (Å²) in [4.78, 5) is 8.99. The Balaban J connectivity index is 1.35. The number of fused-ring (bicyclic) bond motifs is 3. The average molecular weight is 369 g/mol. The second-order valence-corrected chi connectivity index (χ2v) is 8.46. The molecule has 5 heteroatoms. The third-order valence-electron chi connectivity index (χ3n) is 5.57. The molecule has 1 atom stereocenters. The number of H-pyrrole nitrogens is 1. The third kappa shape index (κ3) is 2.94. The van der Waals surface area contributed by atoms with Crippen LogP contribution < -0.4 is 4.74 Å². The number of benzene rings is 1. The van der Waals surface area contributed by atoms with Gasteiger partial charge in [-0.15, -0.1) is 11.3 Å². The van der Waals surface area contributed by atoms with Gasteiger partial charge >= 0.3 is 0 Å². The summed E-state index contributed by atoms with van der Waals surface area (Å²) in [6.07, 6.45) is 3.78. The quantitative estimate of drug-likeness (QED) is 0.728. The Labute approximate surface area is 157 Å². The molecule has 0 saturated carbocycles. The van der Waals surface area contributed by atoms with Crippen molar-refractivity contribution >= 4 is 22.2 Å². The standard InChI is InChI=1S/C21H24N2O2S/c1-24-14-4-6-18-16(11-14)17-13-23(9-8-19(17)22-18)12-15-5-7-21(26-15)20-3-2-10-25-20/h4-7,11,20,22H,2-3,8-10,12-13H2,1H3/t20-/m0/s1. The van der Waals surface area contributed by atoms with Crippen molar-refractivity contribution in [3.05, 3.63) is 51.3 Å². The van der Waals surface area contributed by atoms with Crippen molar-refractivity contribution in [3.8, 4) is 5.75 Å². The van der Waals surface area contributed by atoms with E-state index in [4.69, 9.17) is 9.47 Å². The van der Waals surface area contributed by atoms with Gasteiger partial charge in [-0.2, -0.15) is 0 Å². The van der Waals surface area contributed by atoms with Gasteiger partial charge in [0.25, 0.3) is 0 Å². The molecular formula is C21H24N2O2S. The lowest BCUT2D eigenvalue weighted by Gasteiger charge is -2.26. The number of nitrogens with one attached hydrogen (secondary N) is 1. The van der Waals surface area contributed by atoms with Crippen LogP contribution in [0.4, 0.5) is 0 Å². The molecule has 2 aliphatic rings. The molecular weight excluding hydrogens is 344 g/mol. The molecule has 3 aromatic rings. The zero-order chi connectivity index (χ0) is 17.5. The van der Waals surface area contributed by atoms with Gasteiger partial charge in [0.2, 0.25) is 0 Å². The zero-order valence-electron chi connectivity index (χ0n) is 15.1. The molecule has 0 amide bonds. The second kappa shape index (κ2) is 6.72. The summed E-state index contributed by atoms with van der Waals surface area (Å²) < 4.78 is 11.2. The zero-order valence-corrected chi connectivity index (χ0v) is 15.9. The summed E-state index contributed by atoms with van der Waals surface area (Å²) >= 11 is 1.92. The minimum absolute atomic E-state index is 0.336. The number of nitrogens with zero attached hydrogens (tertiary/aromatic N) is 1. The van der Waals surface area contributed by atoms with Crippen LogP contribution in [0.25, 0.3) is 10.9 Å². The fourth-order valence-corrected chi connectivity index (χ4v) is 5.33. The summed E-state index contributed by atoms with van der Waals surface area (Å²) in [5.41, 5.74) is 4.03. The Morgan fingerprint density at radius 2 is 2.27 bits per heavy atom. The van der Waals surface area contributed by atoms with Gasteiger partial charge in [0.1, 0.15) is 5.75 Å². The molecule has 0 radical (unpaired) electrons. The van der Waals surface area contributed by atoms with Crippen LogP contribution in [0.2, 0.25) is 0 Å². The van der Waals surface area contributed by atoms with Crippen LogP contribution >= 0.6 is 11.3 Å². The average Bonchev–Trinajstić information content (AvgIpc) is 3.40. The lowest BCUT2D eigenvalue weighted by Crippen LogP contribution is -2.29. The van der Waals surface area contributed by atoms with E-state index in [2.05, 4.69) is 34.1 Å². The number of rotatable bonds is 4. The van der Waals surface area contributed by atoms with Crippen LogP contribution in [0, 0.1) is 0 Å². The van der Waals surface area contributed by atoms with Crippen molar-refractivity contribution < 1.29 is 9.47 Å². The highest BCUT2D eigenvalue weighted by atomic mass is 32.1. The normalized spacial score (nSPS) is 20.6. The van der Waals surface area contributed by atoms with Gasteiger partial charge in [-0.3, -0.25) is 4.90 Å². The van der Waals surface area contributed by atoms with Crippen molar-refractivity contribution in [1.82, 2.24) is 9.88 Å². The van der Waals surface area contributed by atoms with Gasteiger partial charge in [0, 0.05) is 59.0 Å². The van der Waals surface area contributed by atoms with Gasteiger partial charge in [-0.25, -0.2) is 0 Å². The number of methoxy groups -OCH3 is 1. The molecule has 1 aromatic carbocycles. The van der Waals surface area contributed by atoms with Crippen LogP contribution in [-0.4, -0.2) is 30.1 Å². The van der Waals surface area contributed by atoms with E-state index in [9.17, 15) is 0 Å². The maximum absolute atomic E-state index is 5.83. The van der Waals surface area contributed by atoms with Crippen molar-refractivity contribution in [2.75, 3.05) is 20.3 Å². The Bertz CT molecular complexity index is 923. The van der Waals surface area contributed by atoms with E-state index in [1.807, 2.05) is 17.4 Å². The number of ether oxygens (including phenoxy) is 2. The smallest absolute Gasteiger partial charge is 0.119 e. The molecule has 5 rings (SSSR count). The summed E-state index contributed by atoms with van der Waals surface area (Å²) in [5, 5.41) is 1.30. The minimum atomic E-state index is 0.336. The third-order valence-corrected chi connectivity index (χ3v) is 6.73. The van der Waals surface area contributed by atoms with Crippen molar-refractivity contribution in [2.45, 2.75) is 38.5 Å². The molecule has 0 bridgehead atoms. The van der Waals surface area contributed by atoms with Gasteiger partial charge in [0.05, 0.1) is 13.2 Å². The highest BCUT2D eigenvalue weighted by molar-refractivity contribution is 7.12. The first-order valence-corrected chi connectivity index (χ1v) is 10.2. The Morgan fingerprint density at radius 3 is 3.12 bits per heavy atom. The first-order valence-electron chi connectivity index (χ1n) is 9.40. The molecule has 0 aliphatic carbocycles. The van der Waals surface area contributed by atoms with E-state index in [1.165, 1.54) is 44.8 Å². The molecule has 1 N–H and O–H groups in total. The first kappa shape index (κ1) is 16.4. The molecule has 4 heterocycles. The Hall–Kier alpha value is -1.82. The van der Waals surface area contributed by atoms with Crippen LogP contribution in [0.5, 0.6) is 5.75 Å². The van der Waals surface area contributed by atoms with Crippen LogP contribution in [0.1, 0.15) is 40.0 Å². The SMILES string of the molecule is COc1ccc2[nH]c3c(c2c1)CN(Cc1ccc([C@@H]2CCCO2)s1)CC3. The van der Waals surface area contributed by atoms with Crippen molar-refractivity contribution in [2.24, 2.45) is 0 Å². The summed E-state index contributed by atoms with van der Waals surface area (Å²) in [6.45, 7) is 4.03. The van der Waals surface area contributed by atoms with Gasteiger partial charge in [0.15, 0.2) is 0 Å². The molecule has 26 heavy (non-hydrogen) atoms. The number of aromatic amines is 1. The topological polar surface area (TPSA) is 37.5 Å². The first-order chi connectivity index (χ1) is 12.8. The number of hydrogen-bond acceptors (Lipinski definition) is 4. The molecule has 1 saturated heterocycles.